The van der Waals surface area contributed by atoms with Gasteiger partial charge in [-0.15, -0.1) is 11.3 Å². The predicted molar refractivity (Wildman–Crippen MR) is 89.8 cm³/mol. The third kappa shape index (κ3) is 5.19. The normalized spacial score (nSPS) is 11.4. The van der Waals surface area contributed by atoms with E-state index in [9.17, 15) is 0 Å². The Kier molecular flexibility index (Phi) is 6.22. The van der Waals surface area contributed by atoms with E-state index in [1.807, 2.05) is 6.07 Å². The van der Waals surface area contributed by atoms with Crippen molar-refractivity contribution in [3.05, 3.63) is 52.0 Å². The molecule has 0 aliphatic rings. The van der Waals surface area contributed by atoms with Crippen LogP contribution in [-0.4, -0.2) is 24.5 Å². The zero-order valence-corrected chi connectivity index (χ0v) is 13.4. The van der Waals surface area contributed by atoms with Crippen molar-refractivity contribution in [1.29, 1.82) is 0 Å². The molecule has 0 amide bonds. The van der Waals surface area contributed by atoms with Crippen molar-refractivity contribution in [2.24, 2.45) is 4.99 Å². The highest BCUT2D eigenvalue weighted by atomic mass is 32.1. The fourth-order valence-electron chi connectivity index (χ4n) is 1.96. The smallest absolute Gasteiger partial charge is 0.191 e. The topological polar surface area (TPSA) is 49.3 Å². The number of hydrogen-bond donors (Lipinski definition) is 2. The monoisotopic (exact) mass is 302 g/mol. The number of hydrogen-bond acceptors (Lipinski definition) is 3. The minimum Gasteiger partial charge on any atom is -0.356 e. The molecule has 2 N–H and O–H groups in total. The van der Waals surface area contributed by atoms with Crippen LogP contribution in [0.4, 0.5) is 0 Å². The second-order valence-electron chi connectivity index (χ2n) is 4.67. The summed E-state index contributed by atoms with van der Waals surface area (Å²) < 4.78 is 0. The number of guanidine groups is 1. The average Bonchev–Trinajstić information content (AvgIpc) is 3.00. The molecule has 1 heterocycles. The SMILES string of the molecule is CCc1nc(CNC(=NC)NCCc2ccccc2)cs1. The van der Waals surface area contributed by atoms with Gasteiger partial charge >= 0.3 is 0 Å². The maximum atomic E-state index is 4.54. The average molecular weight is 302 g/mol. The predicted octanol–water partition coefficient (Wildman–Crippen LogP) is 2.61. The summed E-state index contributed by atoms with van der Waals surface area (Å²) in [5, 5.41) is 9.90. The zero-order valence-electron chi connectivity index (χ0n) is 12.6. The summed E-state index contributed by atoms with van der Waals surface area (Å²) >= 11 is 1.71. The summed E-state index contributed by atoms with van der Waals surface area (Å²) in [5.41, 5.74) is 2.40. The zero-order chi connectivity index (χ0) is 14.9. The lowest BCUT2D eigenvalue weighted by atomic mass is 10.1. The molecule has 0 spiro atoms. The number of aromatic nitrogens is 1. The van der Waals surface area contributed by atoms with E-state index in [2.05, 4.69) is 57.2 Å². The lowest BCUT2D eigenvalue weighted by molar-refractivity contribution is 0.784. The van der Waals surface area contributed by atoms with E-state index in [0.717, 1.165) is 31.0 Å². The van der Waals surface area contributed by atoms with E-state index >= 15 is 0 Å². The van der Waals surface area contributed by atoms with Gasteiger partial charge in [-0.3, -0.25) is 4.99 Å². The van der Waals surface area contributed by atoms with Gasteiger partial charge in [-0.05, 0) is 18.4 Å². The van der Waals surface area contributed by atoms with Gasteiger partial charge in [0.25, 0.3) is 0 Å². The van der Waals surface area contributed by atoms with Crippen LogP contribution in [0, 0.1) is 0 Å². The Balaban J connectivity index is 1.73. The first kappa shape index (κ1) is 15.5. The van der Waals surface area contributed by atoms with Crippen LogP contribution in [0.25, 0.3) is 0 Å². The van der Waals surface area contributed by atoms with Crippen molar-refractivity contribution in [1.82, 2.24) is 15.6 Å². The molecule has 0 unspecified atom stereocenters. The van der Waals surface area contributed by atoms with Crippen LogP contribution in [-0.2, 0) is 19.4 Å². The van der Waals surface area contributed by atoms with Crippen LogP contribution in [0.3, 0.4) is 0 Å². The van der Waals surface area contributed by atoms with Crippen LogP contribution >= 0.6 is 11.3 Å². The first-order chi connectivity index (χ1) is 10.3. The Morgan fingerprint density at radius 2 is 2.05 bits per heavy atom. The van der Waals surface area contributed by atoms with Gasteiger partial charge in [0, 0.05) is 19.0 Å². The molecule has 4 nitrogen and oxygen atoms in total. The molecule has 0 radical (unpaired) electrons. The van der Waals surface area contributed by atoms with Crippen molar-refractivity contribution in [3.63, 3.8) is 0 Å². The van der Waals surface area contributed by atoms with Crippen LogP contribution in [0.2, 0.25) is 0 Å². The van der Waals surface area contributed by atoms with Gasteiger partial charge in [0.1, 0.15) is 0 Å². The molecule has 112 valence electrons. The van der Waals surface area contributed by atoms with E-state index in [-0.39, 0.29) is 0 Å². The first-order valence-electron chi connectivity index (χ1n) is 7.23. The minimum atomic E-state index is 0.710. The summed E-state index contributed by atoms with van der Waals surface area (Å²) in [6, 6.07) is 10.4. The third-order valence-electron chi connectivity index (χ3n) is 3.11. The summed E-state index contributed by atoms with van der Waals surface area (Å²) in [4.78, 5) is 8.77. The quantitative estimate of drug-likeness (QED) is 0.637. The van der Waals surface area contributed by atoms with Gasteiger partial charge in [0.15, 0.2) is 5.96 Å². The van der Waals surface area contributed by atoms with E-state index < -0.39 is 0 Å². The van der Waals surface area contributed by atoms with Gasteiger partial charge in [0.2, 0.25) is 0 Å². The van der Waals surface area contributed by atoms with Crippen LogP contribution in [0.1, 0.15) is 23.2 Å². The van der Waals surface area contributed by atoms with Gasteiger partial charge in [-0.25, -0.2) is 4.98 Å². The number of aliphatic imine (C=N–C) groups is 1. The van der Waals surface area contributed by atoms with Crippen molar-refractivity contribution < 1.29 is 0 Å². The molecule has 0 bridgehead atoms. The number of nitrogens with one attached hydrogen (secondary N) is 2. The van der Waals surface area contributed by atoms with Crippen LogP contribution in [0.15, 0.2) is 40.7 Å². The van der Waals surface area contributed by atoms with Gasteiger partial charge < -0.3 is 10.6 Å². The maximum Gasteiger partial charge on any atom is 0.191 e. The van der Waals surface area contributed by atoms with Crippen molar-refractivity contribution >= 4 is 17.3 Å². The summed E-state index contributed by atoms with van der Waals surface area (Å²) in [5.74, 6) is 0.817. The molecule has 0 atom stereocenters. The molecule has 0 aliphatic heterocycles. The molecule has 0 fully saturated rings. The molecular weight excluding hydrogens is 280 g/mol. The Hall–Kier alpha value is -1.88. The summed E-state index contributed by atoms with van der Waals surface area (Å²) in [6.45, 7) is 3.70. The molecular formula is C16H22N4S. The third-order valence-corrected chi connectivity index (χ3v) is 4.15. The van der Waals surface area contributed by atoms with Crippen molar-refractivity contribution in [3.8, 4) is 0 Å². The lowest BCUT2D eigenvalue weighted by Crippen LogP contribution is -2.37. The standard InChI is InChI=1S/C16H22N4S/c1-3-15-20-14(12-21-15)11-19-16(17-2)18-10-9-13-7-5-4-6-8-13/h4-8,12H,3,9-11H2,1-2H3,(H2,17,18,19). The fourth-order valence-corrected chi connectivity index (χ4v) is 2.70. The molecule has 21 heavy (non-hydrogen) atoms. The Morgan fingerprint density at radius 3 is 2.71 bits per heavy atom. The molecule has 0 saturated carbocycles. The fraction of sp³-hybridized carbons (Fsp3) is 0.375. The van der Waals surface area contributed by atoms with Crippen molar-refractivity contribution in [2.75, 3.05) is 13.6 Å². The van der Waals surface area contributed by atoms with Gasteiger partial charge in [-0.1, -0.05) is 37.3 Å². The number of benzene rings is 1. The molecule has 2 rings (SSSR count). The molecule has 0 aliphatic carbocycles. The van der Waals surface area contributed by atoms with E-state index in [1.165, 1.54) is 10.6 Å². The minimum absolute atomic E-state index is 0.710. The lowest BCUT2D eigenvalue weighted by Gasteiger charge is -2.10. The highest BCUT2D eigenvalue weighted by Gasteiger charge is 2.02. The molecule has 2 aromatic rings. The van der Waals surface area contributed by atoms with Gasteiger partial charge in [0.05, 0.1) is 17.2 Å². The van der Waals surface area contributed by atoms with E-state index in [4.69, 9.17) is 0 Å². The van der Waals surface area contributed by atoms with Crippen LogP contribution < -0.4 is 10.6 Å². The molecule has 0 saturated heterocycles. The number of rotatable bonds is 6. The van der Waals surface area contributed by atoms with Crippen molar-refractivity contribution in [2.45, 2.75) is 26.3 Å². The molecule has 5 heteroatoms. The maximum absolute atomic E-state index is 4.54. The summed E-state index contributed by atoms with van der Waals surface area (Å²) in [6.07, 6.45) is 1.98. The largest absolute Gasteiger partial charge is 0.356 e. The van der Waals surface area contributed by atoms with E-state index in [1.54, 1.807) is 18.4 Å². The molecule has 1 aromatic heterocycles. The molecule has 1 aromatic carbocycles. The van der Waals surface area contributed by atoms with Gasteiger partial charge in [-0.2, -0.15) is 0 Å². The second-order valence-corrected chi connectivity index (χ2v) is 5.62. The number of thiazole rings is 1. The Bertz CT molecular complexity index is 563. The number of aryl methyl sites for hydroxylation is 1. The number of nitrogens with zero attached hydrogens (tertiary/aromatic N) is 2. The van der Waals surface area contributed by atoms with E-state index in [0.29, 0.717) is 6.54 Å². The highest BCUT2D eigenvalue weighted by Crippen LogP contribution is 2.09. The van der Waals surface area contributed by atoms with Crippen LogP contribution in [0.5, 0.6) is 0 Å². The Labute approximate surface area is 130 Å². The summed E-state index contributed by atoms with van der Waals surface area (Å²) in [7, 11) is 1.79. The Morgan fingerprint density at radius 1 is 1.24 bits per heavy atom. The highest BCUT2D eigenvalue weighted by molar-refractivity contribution is 7.09. The first-order valence-corrected chi connectivity index (χ1v) is 8.11. The second kappa shape index (κ2) is 8.42.